The SMILES string of the molecule is Cc1ccc(C(=O)c2c3ccccc3n3c(C(F)(F)F)nc4ccccc4c23)cc1. The number of hydrogen-bond acceptors (Lipinski definition) is 2. The summed E-state index contributed by atoms with van der Waals surface area (Å²) >= 11 is 0. The molecule has 2 heterocycles. The van der Waals surface area contributed by atoms with Crippen molar-refractivity contribution >= 4 is 33.1 Å². The third-order valence-electron chi connectivity index (χ3n) is 5.27. The van der Waals surface area contributed by atoms with E-state index in [4.69, 9.17) is 0 Å². The fraction of sp³-hybridized carbons (Fsp3) is 0.0833. The Morgan fingerprint density at radius 2 is 1.50 bits per heavy atom. The molecule has 0 fully saturated rings. The molecule has 0 unspecified atom stereocenters. The third-order valence-corrected chi connectivity index (χ3v) is 5.27. The van der Waals surface area contributed by atoms with E-state index < -0.39 is 12.0 Å². The summed E-state index contributed by atoms with van der Waals surface area (Å²) in [7, 11) is 0. The maximum Gasteiger partial charge on any atom is 0.450 e. The molecule has 3 aromatic carbocycles. The van der Waals surface area contributed by atoms with Crippen LogP contribution in [0.3, 0.4) is 0 Å². The minimum absolute atomic E-state index is 0.193. The summed E-state index contributed by atoms with van der Waals surface area (Å²) in [5.41, 5.74) is 2.38. The summed E-state index contributed by atoms with van der Waals surface area (Å²) in [6.07, 6.45) is -4.69. The molecule has 5 aromatic rings. The molecule has 0 saturated carbocycles. The van der Waals surface area contributed by atoms with Crippen LogP contribution in [0.15, 0.2) is 72.8 Å². The summed E-state index contributed by atoms with van der Waals surface area (Å²) in [4.78, 5) is 17.4. The number of para-hydroxylation sites is 2. The summed E-state index contributed by atoms with van der Waals surface area (Å²) < 4.78 is 43.0. The molecule has 30 heavy (non-hydrogen) atoms. The summed E-state index contributed by atoms with van der Waals surface area (Å²) in [6.45, 7) is 1.91. The number of benzene rings is 3. The lowest BCUT2D eigenvalue weighted by molar-refractivity contribution is -0.145. The van der Waals surface area contributed by atoms with E-state index in [1.54, 1.807) is 54.6 Å². The molecule has 0 N–H and O–H groups in total. The number of ketones is 1. The molecule has 148 valence electrons. The van der Waals surface area contributed by atoms with Gasteiger partial charge in [-0.05, 0) is 19.1 Å². The first kappa shape index (κ1) is 18.4. The van der Waals surface area contributed by atoms with Crippen molar-refractivity contribution in [2.75, 3.05) is 0 Å². The smallest absolute Gasteiger partial charge is 0.289 e. The summed E-state index contributed by atoms with van der Waals surface area (Å²) in [5, 5.41) is 0.962. The van der Waals surface area contributed by atoms with Crippen molar-refractivity contribution in [2.24, 2.45) is 0 Å². The van der Waals surface area contributed by atoms with E-state index in [0.717, 1.165) is 9.96 Å². The van der Waals surface area contributed by atoms with Crippen molar-refractivity contribution in [3.05, 3.63) is 95.3 Å². The van der Waals surface area contributed by atoms with Crippen LogP contribution in [0, 0.1) is 6.92 Å². The molecule has 0 aliphatic carbocycles. The van der Waals surface area contributed by atoms with Crippen LogP contribution in [-0.2, 0) is 6.18 Å². The van der Waals surface area contributed by atoms with Crippen LogP contribution < -0.4 is 0 Å². The average molecular weight is 404 g/mol. The highest BCUT2D eigenvalue weighted by molar-refractivity contribution is 6.25. The minimum atomic E-state index is -4.69. The lowest BCUT2D eigenvalue weighted by Crippen LogP contribution is -2.15. The Labute approximate surface area is 169 Å². The number of aryl methyl sites for hydroxylation is 1. The molecule has 0 saturated heterocycles. The highest BCUT2D eigenvalue weighted by atomic mass is 19.4. The van der Waals surface area contributed by atoms with Gasteiger partial charge in [-0.2, -0.15) is 13.2 Å². The number of carbonyl (C=O) groups is 1. The van der Waals surface area contributed by atoms with Gasteiger partial charge >= 0.3 is 6.18 Å². The maximum absolute atomic E-state index is 14.0. The Morgan fingerprint density at radius 3 is 2.20 bits per heavy atom. The van der Waals surface area contributed by atoms with E-state index >= 15 is 0 Å². The normalized spacial score (nSPS) is 12.1. The Balaban J connectivity index is 2.01. The molecular weight excluding hydrogens is 389 g/mol. The Morgan fingerprint density at radius 1 is 0.867 bits per heavy atom. The van der Waals surface area contributed by atoms with Crippen LogP contribution >= 0.6 is 0 Å². The van der Waals surface area contributed by atoms with E-state index in [-0.39, 0.29) is 22.4 Å². The Hall–Kier alpha value is -3.67. The van der Waals surface area contributed by atoms with Gasteiger partial charge in [0, 0.05) is 16.3 Å². The molecule has 0 amide bonds. The van der Waals surface area contributed by atoms with E-state index in [2.05, 4.69) is 4.98 Å². The molecular formula is C24H15F3N2O. The lowest BCUT2D eigenvalue weighted by atomic mass is 9.99. The number of carbonyl (C=O) groups excluding carboxylic acids is 1. The van der Waals surface area contributed by atoms with Crippen molar-refractivity contribution in [1.29, 1.82) is 0 Å². The van der Waals surface area contributed by atoms with Crippen molar-refractivity contribution in [1.82, 2.24) is 9.38 Å². The second-order valence-electron chi connectivity index (χ2n) is 7.22. The second kappa shape index (κ2) is 6.42. The Bertz CT molecular complexity index is 1450. The number of fused-ring (bicyclic) bond motifs is 5. The largest absolute Gasteiger partial charge is 0.450 e. The molecule has 0 spiro atoms. The molecule has 2 aromatic heterocycles. The molecule has 0 radical (unpaired) electrons. The van der Waals surface area contributed by atoms with Gasteiger partial charge in [0.1, 0.15) is 0 Å². The first-order valence-electron chi connectivity index (χ1n) is 9.37. The molecule has 0 aliphatic rings. The highest BCUT2D eigenvalue weighted by Crippen LogP contribution is 2.38. The van der Waals surface area contributed by atoms with Crippen molar-refractivity contribution in [3.8, 4) is 0 Å². The van der Waals surface area contributed by atoms with Gasteiger partial charge < -0.3 is 0 Å². The molecule has 5 rings (SSSR count). The topological polar surface area (TPSA) is 34.4 Å². The monoisotopic (exact) mass is 404 g/mol. The average Bonchev–Trinajstić information content (AvgIpc) is 3.08. The van der Waals surface area contributed by atoms with E-state index in [9.17, 15) is 18.0 Å². The predicted octanol–water partition coefficient (Wildman–Crippen LogP) is 6.20. The van der Waals surface area contributed by atoms with Crippen LogP contribution in [0.2, 0.25) is 0 Å². The van der Waals surface area contributed by atoms with Gasteiger partial charge in [0.15, 0.2) is 5.78 Å². The number of aromatic nitrogens is 2. The molecule has 6 heteroatoms. The maximum atomic E-state index is 14.0. The number of halogens is 3. The van der Waals surface area contributed by atoms with Gasteiger partial charge in [0.25, 0.3) is 0 Å². The van der Waals surface area contributed by atoms with Gasteiger partial charge in [-0.1, -0.05) is 66.2 Å². The van der Waals surface area contributed by atoms with Crippen molar-refractivity contribution in [3.63, 3.8) is 0 Å². The van der Waals surface area contributed by atoms with Crippen LogP contribution in [-0.4, -0.2) is 15.2 Å². The van der Waals surface area contributed by atoms with Crippen LogP contribution in [0.1, 0.15) is 27.3 Å². The lowest BCUT2D eigenvalue weighted by Gasteiger charge is -2.13. The minimum Gasteiger partial charge on any atom is -0.289 e. The van der Waals surface area contributed by atoms with Gasteiger partial charge in [-0.15, -0.1) is 0 Å². The zero-order chi connectivity index (χ0) is 21.0. The molecule has 0 aliphatic heterocycles. The fourth-order valence-corrected chi connectivity index (χ4v) is 3.92. The summed E-state index contributed by atoms with van der Waals surface area (Å²) in [5.74, 6) is -1.37. The van der Waals surface area contributed by atoms with E-state index in [0.29, 0.717) is 21.9 Å². The van der Waals surface area contributed by atoms with Gasteiger partial charge in [0.05, 0.1) is 22.1 Å². The predicted molar refractivity (Wildman–Crippen MR) is 110 cm³/mol. The van der Waals surface area contributed by atoms with Gasteiger partial charge in [-0.25, -0.2) is 4.98 Å². The number of alkyl halides is 3. The molecule has 0 atom stereocenters. The second-order valence-corrected chi connectivity index (χ2v) is 7.22. The first-order valence-corrected chi connectivity index (χ1v) is 9.37. The Kier molecular flexibility index (Phi) is 3.93. The van der Waals surface area contributed by atoms with Crippen LogP contribution in [0.4, 0.5) is 13.2 Å². The number of hydrogen-bond donors (Lipinski definition) is 0. The van der Waals surface area contributed by atoms with Crippen LogP contribution in [0.5, 0.6) is 0 Å². The zero-order valence-corrected chi connectivity index (χ0v) is 15.9. The van der Waals surface area contributed by atoms with Crippen molar-refractivity contribution in [2.45, 2.75) is 13.1 Å². The fourth-order valence-electron chi connectivity index (χ4n) is 3.92. The molecule has 3 nitrogen and oxygen atoms in total. The van der Waals surface area contributed by atoms with Gasteiger partial charge in [-0.3, -0.25) is 9.20 Å². The first-order chi connectivity index (χ1) is 14.4. The van der Waals surface area contributed by atoms with Crippen LogP contribution in [0.25, 0.3) is 27.3 Å². The number of nitrogens with zero attached hydrogens (tertiary/aromatic N) is 2. The highest BCUT2D eigenvalue weighted by Gasteiger charge is 2.38. The van der Waals surface area contributed by atoms with E-state index in [1.807, 2.05) is 19.1 Å². The summed E-state index contributed by atoms with van der Waals surface area (Å²) in [6, 6.07) is 20.3. The standard InChI is InChI=1S/C24H15F3N2O/c1-14-10-12-15(13-11-14)22(30)20-17-7-3-5-9-19(17)29-21(20)16-6-2-4-8-18(16)28-23(29)24(25,26)27/h2-13H,1H3. The number of rotatable bonds is 2. The zero-order valence-electron chi connectivity index (χ0n) is 15.9. The van der Waals surface area contributed by atoms with E-state index in [1.165, 1.54) is 6.07 Å². The van der Waals surface area contributed by atoms with Crippen molar-refractivity contribution < 1.29 is 18.0 Å². The molecule has 0 bridgehead atoms. The third kappa shape index (κ3) is 2.68. The quantitative estimate of drug-likeness (QED) is 0.328. The van der Waals surface area contributed by atoms with Gasteiger partial charge in [0.2, 0.25) is 5.82 Å².